The number of amides is 2. The molecule has 1 fully saturated rings. The molecule has 3 heterocycles. The molecule has 1 aliphatic heterocycles. The van der Waals surface area contributed by atoms with Crippen LogP contribution in [0.1, 0.15) is 60.1 Å². The Labute approximate surface area is 201 Å². The summed E-state index contributed by atoms with van der Waals surface area (Å²) in [6, 6.07) is 5.51. The number of alkyl halides is 1. The molecule has 1 saturated heterocycles. The van der Waals surface area contributed by atoms with Crippen LogP contribution in [-0.4, -0.2) is 51.2 Å². The van der Waals surface area contributed by atoms with Gasteiger partial charge >= 0.3 is 0 Å². The minimum atomic E-state index is -1.55. The predicted octanol–water partition coefficient (Wildman–Crippen LogP) is 2.89. The van der Waals surface area contributed by atoms with E-state index in [4.69, 9.17) is 5.73 Å². The van der Waals surface area contributed by atoms with Crippen molar-refractivity contribution >= 4 is 23.7 Å². The first-order valence-corrected chi connectivity index (χ1v) is 11.6. The summed E-state index contributed by atoms with van der Waals surface area (Å²) in [5.74, 6) is -1.50. The lowest BCUT2D eigenvalue weighted by Crippen LogP contribution is -2.54. The monoisotopic (exact) mass is 483 g/mol. The zero-order valence-corrected chi connectivity index (χ0v) is 19.2. The number of allylic oxidation sites excluding steroid dienone is 2. The quantitative estimate of drug-likeness (QED) is 0.439. The number of likely N-dealkylation sites (tertiary alicyclic amines) is 1. The van der Waals surface area contributed by atoms with E-state index in [1.165, 1.54) is 10.9 Å². The summed E-state index contributed by atoms with van der Waals surface area (Å²) in [4.78, 5) is 28.5. The van der Waals surface area contributed by atoms with E-state index in [9.17, 15) is 19.2 Å². The normalized spacial score (nSPS) is 22.8. The molecule has 2 aliphatic rings. The number of rotatable bonds is 8. The van der Waals surface area contributed by atoms with Crippen LogP contribution in [0.3, 0.4) is 0 Å². The number of halogens is 2. The molecule has 3 N–H and O–H groups in total. The first kappa shape index (κ1) is 24.5. The molecule has 2 aromatic rings. The second kappa shape index (κ2) is 10.3. The van der Waals surface area contributed by atoms with E-state index >= 15 is 4.39 Å². The molecule has 9 nitrogen and oxygen atoms in total. The van der Waals surface area contributed by atoms with Crippen molar-refractivity contribution < 1.29 is 18.4 Å². The van der Waals surface area contributed by atoms with Crippen LogP contribution in [0.15, 0.2) is 24.4 Å². The Kier molecular flexibility index (Phi) is 7.21. The Balaban J connectivity index is 1.52. The van der Waals surface area contributed by atoms with Crippen molar-refractivity contribution in [3.8, 4) is 6.07 Å². The van der Waals surface area contributed by atoms with Crippen molar-refractivity contribution in [1.29, 1.82) is 5.26 Å². The third-order valence-corrected chi connectivity index (χ3v) is 6.82. The maximum Gasteiger partial charge on any atom is 0.254 e. The predicted molar refractivity (Wildman–Crippen MR) is 124 cm³/mol. The van der Waals surface area contributed by atoms with E-state index < -0.39 is 23.6 Å². The van der Waals surface area contributed by atoms with Gasteiger partial charge in [0.1, 0.15) is 17.3 Å². The summed E-state index contributed by atoms with van der Waals surface area (Å²) < 4.78 is 31.7. The molecule has 0 spiro atoms. The smallest absolute Gasteiger partial charge is 0.254 e. The molecule has 35 heavy (non-hydrogen) atoms. The van der Waals surface area contributed by atoms with Gasteiger partial charge in [0, 0.05) is 31.4 Å². The fourth-order valence-electron chi connectivity index (χ4n) is 4.83. The Morgan fingerprint density at radius 1 is 1.40 bits per heavy atom. The van der Waals surface area contributed by atoms with E-state index in [2.05, 4.69) is 21.5 Å². The van der Waals surface area contributed by atoms with Crippen LogP contribution in [0, 0.1) is 17.3 Å². The fraction of sp³-hybridized carbons (Fsp3) is 0.458. The van der Waals surface area contributed by atoms with Gasteiger partial charge < -0.3 is 11.1 Å². The van der Waals surface area contributed by atoms with Crippen molar-refractivity contribution in [2.45, 2.75) is 56.8 Å². The molecule has 0 aromatic carbocycles. The first-order chi connectivity index (χ1) is 16.9. The van der Waals surface area contributed by atoms with Gasteiger partial charge in [0.15, 0.2) is 5.82 Å². The van der Waals surface area contributed by atoms with E-state index in [-0.39, 0.29) is 37.3 Å². The van der Waals surface area contributed by atoms with E-state index in [0.717, 1.165) is 31.3 Å². The van der Waals surface area contributed by atoms with Gasteiger partial charge in [0.05, 0.1) is 18.2 Å². The number of carbonyl (C=O) groups excluding carboxylic acids is 2. The highest BCUT2D eigenvalue weighted by Gasteiger charge is 2.46. The molecule has 4 rings (SSSR count). The largest absolute Gasteiger partial charge is 0.365 e. The average Bonchev–Trinajstić information content (AvgIpc) is 3.28. The van der Waals surface area contributed by atoms with Gasteiger partial charge in [-0.15, -0.1) is 0 Å². The minimum absolute atomic E-state index is 0.0732. The van der Waals surface area contributed by atoms with Crippen LogP contribution in [0.25, 0.3) is 5.57 Å². The van der Waals surface area contributed by atoms with Gasteiger partial charge in [-0.25, -0.2) is 9.37 Å². The highest BCUT2D eigenvalue weighted by Crippen LogP contribution is 2.37. The number of nitrogens with zero attached hydrogens (tertiary/aromatic N) is 5. The topological polar surface area (TPSA) is 130 Å². The number of anilines is 1. The Bertz CT molecular complexity index is 1190. The lowest BCUT2D eigenvalue weighted by molar-refractivity contribution is -0.105. The third kappa shape index (κ3) is 4.93. The maximum absolute atomic E-state index is 15.7. The van der Waals surface area contributed by atoms with Gasteiger partial charge in [0.25, 0.3) is 5.91 Å². The van der Waals surface area contributed by atoms with Crippen LogP contribution in [0.2, 0.25) is 0 Å². The van der Waals surface area contributed by atoms with Gasteiger partial charge in [-0.3, -0.25) is 19.2 Å². The lowest BCUT2D eigenvalue weighted by atomic mass is 9.83. The number of hydrogen-bond acceptors (Lipinski definition) is 6. The summed E-state index contributed by atoms with van der Waals surface area (Å²) in [7, 11) is 0. The maximum atomic E-state index is 15.7. The van der Waals surface area contributed by atoms with Crippen LogP contribution >= 0.6 is 0 Å². The molecule has 11 heteroatoms. The SMILES string of the molecule is N#CCC1(n2cc(C(N)=O)c(NC=O)n2)CCN(Cc2ccc(C3=CCCCC3)nc2F)CC1F. The summed E-state index contributed by atoms with van der Waals surface area (Å²) in [5.41, 5.74) is 6.00. The lowest BCUT2D eigenvalue weighted by Gasteiger charge is -2.43. The second-order valence-electron chi connectivity index (χ2n) is 8.98. The highest BCUT2D eigenvalue weighted by atomic mass is 19.1. The number of primary amides is 1. The van der Waals surface area contributed by atoms with Crippen LogP contribution in [0.4, 0.5) is 14.6 Å². The van der Waals surface area contributed by atoms with Crippen molar-refractivity contribution in [3.63, 3.8) is 0 Å². The van der Waals surface area contributed by atoms with E-state index in [1.807, 2.05) is 12.1 Å². The molecule has 2 aromatic heterocycles. The average molecular weight is 484 g/mol. The molecule has 2 amide bonds. The number of nitriles is 1. The number of piperidine rings is 1. The summed E-state index contributed by atoms with van der Waals surface area (Å²) in [6.07, 6.45) is 6.18. The van der Waals surface area contributed by atoms with E-state index in [0.29, 0.717) is 24.2 Å². The molecule has 1 aliphatic carbocycles. The first-order valence-electron chi connectivity index (χ1n) is 11.6. The summed E-state index contributed by atoms with van der Waals surface area (Å²) >= 11 is 0. The molecule has 2 unspecified atom stereocenters. The van der Waals surface area contributed by atoms with Crippen molar-refractivity contribution in [2.24, 2.45) is 5.73 Å². The standard InChI is InChI=1S/C24H27F2N7O2/c25-20-14-32(12-17-6-7-19(30-21(17)26)16-4-2-1-3-5-16)11-9-24(20,8-10-27)33-13-18(22(28)35)23(31-33)29-15-34/h4,6-7,13,15,20H,1-3,5,8-9,11-12,14H2,(H2,28,35)(H,29,31,34). The minimum Gasteiger partial charge on any atom is -0.365 e. The van der Waals surface area contributed by atoms with Gasteiger partial charge in [-0.2, -0.15) is 14.8 Å². The molecule has 2 atom stereocenters. The van der Waals surface area contributed by atoms with Gasteiger partial charge in [0.2, 0.25) is 12.4 Å². The van der Waals surface area contributed by atoms with Crippen LogP contribution in [-0.2, 0) is 16.9 Å². The number of pyridine rings is 1. The number of nitrogens with one attached hydrogen (secondary N) is 1. The van der Waals surface area contributed by atoms with Crippen molar-refractivity contribution in [1.82, 2.24) is 19.7 Å². The highest BCUT2D eigenvalue weighted by molar-refractivity contribution is 5.99. The number of carbonyl (C=O) groups is 2. The number of aromatic nitrogens is 3. The molecule has 184 valence electrons. The fourth-order valence-corrected chi connectivity index (χ4v) is 4.83. The Hall–Kier alpha value is -3.65. The Morgan fingerprint density at radius 3 is 2.86 bits per heavy atom. The molecule has 0 saturated carbocycles. The molecule has 0 radical (unpaired) electrons. The summed E-state index contributed by atoms with van der Waals surface area (Å²) in [6.45, 7) is 0.456. The summed E-state index contributed by atoms with van der Waals surface area (Å²) in [5, 5.41) is 15.9. The number of nitrogens with two attached hydrogens (primary N) is 1. The zero-order chi connectivity index (χ0) is 25.0. The zero-order valence-electron chi connectivity index (χ0n) is 19.2. The van der Waals surface area contributed by atoms with Crippen LogP contribution < -0.4 is 11.1 Å². The number of hydrogen-bond donors (Lipinski definition) is 2. The van der Waals surface area contributed by atoms with Gasteiger partial charge in [-0.1, -0.05) is 12.1 Å². The Morgan fingerprint density at radius 2 is 2.23 bits per heavy atom. The van der Waals surface area contributed by atoms with Gasteiger partial charge in [-0.05, 0) is 43.7 Å². The molecular formula is C24H27F2N7O2. The van der Waals surface area contributed by atoms with Crippen molar-refractivity contribution in [3.05, 3.63) is 47.2 Å². The molecular weight excluding hydrogens is 456 g/mol. The van der Waals surface area contributed by atoms with E-state index in [1.54, 1.807) is 11.0 Å². The third-order valence-electron chi connectivity index (χ3n) is 6.82. The molecule has 0 bridgehead atoms. The van der Waals surface area contributed by atoms with Crippen molar-refractivity contribution in [2.75, 3.05) is 18.4 Å². The van der Waals surface area contributed by atoms with Crippen LogP contribution in [0.5, 0.6) is 0 Å². The second-order valence-corrected chi connectivity index (χ2v) is 8.98.